The molecular formula is C16H20ClN2O3S2+. The lowest BCUT2D eigenvalue weighted by Crippen LogP contribution is -3.14. The first-order chi connectivity index (χ1) is 11.5. The highest BCUT2D eigenvalue weighted by Crippen LogP contribution is 2.26. The molecule has 1 aromatic carbocycles. The molecule has 130 valence electrons. The number of rotatable bonds is 6. The Hall–Kier alpha value is -0.960. The third kappa shape index (κ3) is 4.56. The summed E-state index contributed by atoms with van der Waals surface area (Å²) in [6, 6.07) is 12.5. The lowest BCUT2D eigenvalue weighted by molar-refractivity contribution is -0.909. The van der Waals surface area contributed by atoms with Crippen LogP contribution < -0.4 is 9.62 Å². The summed E-state index contributed by atoms with van der Waals surface area (Å²) >= 11 is 6.95. The zero-order chi connectivity index (χ0) is 17.0. The summed E-state index contributed by atoms with van der Waals surface area (Å²) in [4.78, 5) is 1.34. The second kappa shape index (κ2) is 7.95. The molecule has 8 heteroatoms. The largest absolute Gasteiger partial charge is 0.370 e. The first-order valence-electron chi connectivity index (χ1n) is 7.78. The fourth-order valence-electron chi connectivity index (χ4n) is 2.75. The van der Waals surface area contributed by atoms with Crippen molar-refractivity contribution in [2.75, 3.05) is 32.8 Å². The van der Waals surface area contributed by atoms with Gasteiger partial charge in [-0.1, -0.05) is 41.9 Å². The maximum Gasteiger partial charge on any atom is 0.250 e. The van der Waals surface area contributed by atoms with Crippen LogP contribution in [0.15, 0.2) is 46.7 Å². The molecule has 5 nitrogen and oxygen atoms in total. The van der Waals surface area contributed by atoms with E-state index in [4.69, 9.17) is 16.3 Å². The van der Waals surface area contributed by atoms with E-state index >= 15 is 0 Å². The third-order valence-corrected chi connectivity index (χ3v) is 7.20. The Kier molecular flexibility index (Phi) is 5.91. The molecule has 0 spiro atoms. The van der Waals surface area contributed by atoms with Crippen LogP contribution in [0.5, 0.6) is 0 Å². The van der Waals surface area contributed by atoms with Gasteiger partial charge in [0.2, 0.25) is 0 Å². The van der Waals surface area contributed by atoms with Crippen molar-refractivity contribution >= 4 is 33.0 Å². The minimum absolute atomic E-state index is 0.241. The molecule has 0 amide bonds. The molecule has 1 aromatic heterocycles. The van der Waals surface area contributed by atoms with Gasteiger partial charge in [-0.2, -0.15) is 4.72 Å². The molecule has 1 fully saturated rings. The topological polar surface area (TPSA) is 59.8 Å². The van der Waals surface area contributed by atoms with Gasteiger partial charge in [0, 0.05) is 0 Å². The number of hydrogen-bond acceptors (Lipinski definition) is 4. The van der Waals surface area contributed by atoms with Crippen molar-refractivity contribution < 1.29 is 18.1 Å². The first kappa shape index (κ1) is 17.8. The fraction of sp³-hybridized carbons (Fsp3) is 0.375. The van der Waals surface area contributed by atoms with Gasteiger partial charge in [0.1, 0.15) is 17.3 Å². The number of thiophene rings is 1. The summed E-state index contributed by atoms with van der Waals surface area (Å²) in [5.74, 6) is 0. The van der Waals surface area contributed by atoms with E-state index in [-0.39, 0.29) is 10.3 Å². The molecule has 0 unspecified atom stereocenters. The molecular weight excluding hydrogens is 368 g/mol. The van der Waals surface area contributed by atoms with E-state index in [1.165, 1.54) is 4.90 Å². The Balaban J connectivity index is 1.81. The zero-order valence-electron chi connectivity index (χ0n) is 13.1. The Labute approximate surface area is 151 Å². The van der Waals surface area contributed by atoms with Crippen molar-refractivity contribution in [2.24, 2.45) is 0 Å². The van der Waals surface area contributed by atoms with E-state index < -0.39 is 10.0 Å². The molecule has 0 aliphatic carbocycles. The highest BCUT2D eigenvalue weighted by Gasteiger charge is 2.27. The summed E-state index contributed by atoms with van der Waals surface area (Å²) in [5, 5.41) is 0. The quantitative estimate of drug-likeness (QED) is 0.786. The molecule has 2 aromatic rings. The minimum Gasteiger partial charge on any atom is -0.370 e. The van der Waals surface area contributed by atoms with Gasteiger partial charge in [0.05, 0.1) is 30.1 Å². The fourth-order valence-corrected chi connectivity index (χ4v) is 5.48. The predicted molar refractivity (Wildman–Crippen MR) is 95.2 cm³/mol. The van der Waals surface area contributed by atoms with Crippen molar-refractivity contribution in [3.63, 3.8) is 0 Å². The summed E-state index contributed by atoms with van der Waals surface area (Å²) in [6.07, 6.45) is 0. The summed E-state index contributed by atoms with van der Waals surface area (Å²) in [5.41, 5.74) is 0.961. The Morgan fingerprint density at radius 3 is 2.50 bits per heavy atom. The van der Waals surface area contributed by atoms with E-state index in [1.54, 1.807) is 12.1 Å². The van der Waals surface area contributed by atoms with Gasteiger partial charge in [-0.3, -0.25) is 0 Å². The molecule has 2 N–H and O–H groups in total. The van der Waals surface area contributed by atoms with Crippen LogP contribution in [0.2, 0.25) is 4.34 Å². The number of morpholine rings is 1. The van der Waals surface area contributed by atoms with E-state index in [2.05, 4.69) is 4.72 Å². The van der Waals surface area contributed by atoms with Gasteiger partial charge in [-0.25, -0.2) is 8.42 Å². The molecule has 1 saturated heterocycles. The van der Waals surface area contributed by atoms with E-state index in [9.17, 15) is 8.42 Å². The van der Waals surface area contributed by atoms with Gasteiger partial charge >= 0.3 is 0 Å². The predicted octanol–water partition coefficient (Wildman–Crippen LogP) is 1.34. The number of ether oxygens (including phenoxy) is 1. The van der Waals surface area contributed by atoms with Gasteiger partial charge in [-0.15, -0.1) is 11.3 Å². The van der Waals surface area contributed by atoms with Crippen molar-refractivity contribution in [3.8, 4) is 0 Å². The van der Waals surface area contributed by atoms with Crippen LogP contribution >= 0.6 is 22.9 Å². The van der Waals surface area contributed by atoms with E-state index in [0.717, 1.165) is 30.0 Å². The molecule has 3 rings (SSSR count). The average molecular weight is 388 g/mol. The monoisotopic (exact) mass is 387 g/mol. The van der Waals surface area contributed by atoms with Crippen LogP contribution in [0.4, 0.5) is 0 Å². The lowest BCUT2D eigenvalue weighted by Gasteiger charge is -2.28. The second-order valence-electron chi connectivity index (χ2n) is 5.71. The molecule has 24 heavy (non-hydrogen) atoms. The van der Waals surface area contributed by atoms with E-state index in [1.807, 2.05) is 30.3 Å². The van der Waals surface area contributed by atoms with E-state index in [0.29, 0.717) is 24.1 Å². The van der Waals surface area contributed by atoms with Gasteiger partial charge in [-0.05, 0) is 17.7 Å². The minimum atomic E-state index is -3.60. The Morgan fingerprint density at radius 1 is 1.17 bits per heavy atom. The SMILES string of the molecule is O=S(=O)(N[C@@H](C[NH+]1CCOCC1)c1ccccc1)c1ccc(Cl)s1. The van der Waals surface area contributed by atoms with Gasteiger partial charge in [0.15, 0.2) is 0 Å². The van der Waals surface area contributed by atoms with Gasteiger partial charge in [0.25, 0.3) is 10.0 Å². The number of sulfonamides is 1. The summed E-state index contributed by atoms with van der Waals surface area (Å²) < 4.78 is 34.3. The summed E-state index contributed by atoms with van der Waals surface area (Å²) in [6.45, 7) is 3.88. The van der Waals surface area contributed by atoms with Crippen molar-refractivity contribution in [1.82, 2.24) is 4.72 Å². The number of nitrogens with one attached hydrogen (secondary N) is 2. The van der Waals surface area contributed by atoms with Crippen LogP contribution in [-0.2, 0) is 14.8 Å². The number of quaternary nitrogens is 1. The van der Waals surface area contributed by atoms with Crippen molar-refractivity contribution in [1.29, 1.82) is 0 Å². The van der Waals surface area contributed by atoms with Crippen LogP contribution in [0.1, 0.15) is 11.6 Å². The molecule has 0 radical (unpaired) electrons. The number of benzene rings is 1. The lowest BCUT2D eigenvalue weighted by atomic mass is 10.1. The Morgan fingerprint density at radius 2 is 1.88 bits per heavy atom. The average Bonchev–Trinajstić information content (AvgIpc) is 3.03. The molecule has 1 aliphatic heterocycles. The Bertz CT molecular complexity index is 759. The maximum absolute atomic E-state index is 12.7. The summed E-state index contributed by atoms with van der Waals surface area (Å²) in [7, 11) is -3.60. The molecule has 1 atom stereocenters. The number of halogens is 1. The molecule has 1 aliphatic rings. The first-order valence-corrected chi connectivity index (χ1v) is 10.5. The second-order valence-corrected chi connectivity index (χ2v) is 9.37. The van der Waals surface area contributed by atoms with Crippen LogP contribution in [0, 0.1) is 0 Å². The highest BCUT2D eigenvalue weighted by molar-refractivity contribution is 7.91. The number of hydrogen-bond donors (Lipinski definition) is 2. The molecule has 2 heterocycles. The van der Waals surface area contributed by atoms with Crippen molar-refractivity contribution in [3.05, 3.63) is 52.4 Å². The normalized spacial score (nSPS) is 17.7. The van der Waals surface area contributed by atoms with Gasteiger partial charge < -0.3 is 9.64 Å². The standard InChI is InChI=1S/C16H19ClN2O3S2/c17-15-6-7-16(23-15)24(20,21)18-14(13-4-2-1-3-5-13)12-19-8-10-22-11-9-19/h1-7,14,18H,8-12H2/p+1/t14-/m0/s1. The third-order valence-electron chi connectivity index (χ3n) is 4.01. The maximum atomic E-state index is 12.7. The van der Waals surface area contributed by atoms with Crippen LogP contribution in [-0.4, -0.2) is 41.3 Å². The highest BCUT2D eigenvalue weighted by atomic mass is 35.5. The van der Waals surface area contributed by atoms with Crippen LogP contribution in [0.25, 0.3) is 0 Å². The molecule has 0 saturated carbocycles. The zero-order valence-corrected chi connectivity index (χ0v) is 15.5. The molecule has 0 bridgehead atoms. The smallest absolute Gasteiger partial charge is 0.250 e. The van der Waals surface area contributed by atoms with Crippen LogP contribution in [0.3, 0.4) is 0 Å². The van der Waals surface area contributed by atoms with Crippen molar-refractivity contribution in [2.45, 2.75) is 10.3 Å².